The van der Waals surface area contributed by atoms with Gasteiger partial charge in [-0.3, -0.25) is 0 Å². The van der Waals surface area contributed by atoms with Crippen molar-refractivity contribution in [1.82, 2.24) is 4.98 Å². The van der Waals surface area contributed by atoms with E-state index in [1.54, 1.807) is 6.07 Å². The molecule has 1 unspecified atom stereocenters. The van der Waals surface area contributed by atoms with Crippen LogP contribution in [0.5, 0.6) is 0 Å². The molecule has 2 nitrogen and oxygen atoms in total. The molecule has 1 aromatic heterocycles. The van der Waals surface area contributed by atoms with Gasteiger partial charge in [0.15, 0.2) is 0 Å². The van der Waals surface area contributed by atoms with Gasteiger partial charge in [0, 0.05) is 6.04 Å². The van der Waals surface area contributed by atoms with Crippen LogP contribution >= 0.6 is 11.6 Å². The summed E-state index contributed by atoms with van der Waals surface area (Å²) in [7, 11) is 0. The van der Waals surface area contributed by atoms with E-state index in [0.717, 1.165) is 11.7 Å². The first-order valence-electron chi connectivity index (χ1n) is 5.13. The summed E-state index contributed by atoms with van der Waals surface area (Å²) in [5, 5.41) is 3.91. The van der Waals surface area contributed by atoms with Gasteiger partial charge in [-0.2, -0.15) is 0 Å². The van der Waals surface area contributed by atoms with Crippen molar-refractivity contribution in [1.29, 1.82) is 0 Å². The predicted molar refractivity (Wildman–Crippen MR) is 59.7 cm³/mol. The summed E-state index contributed by atoms with van der Waals surface area (Å²) in [6.07, 6.45) is 4.04. The zero-order valence-electron chi connectivity index (χ0n) is 8.33. The van der Waals surface area contributed by atoms with Crippen molar-refractivity contribution in [2.75, 3.05) is 5.32 Å². The largest absolute Gasteiger partial charge is 0.368 e. The lowest BCUT2D eigenvalue weighted by Crippen LogP contribution is -2.16. The molecule has 0 radical (unpaired) electrons. The summed E-state index contributed by atoms with van der Waals surface area (Å²) in [5.74, 6) is 1.82. The Morgan fingerprint density at radius 2 is 2.36 bits per heavy atom. The van der Waals surface area contributed by atoms with Crippen LogP contribution in [0.15, 0.2) is 18.2 Å². The molecular weight excluding hydrogens is 196 g/mol. The van der Waals surface area contributed by atoms with Crippen molar-refractivity contribution in [3.05, 3.63) is 23.4 Å². The highest BCUT2D eigenvalue weighted by atomic mass is 35.5. The number of aromatic nitrogens is 1. The molecule has 1 heterocycles. The van der Waals surface area contributed by atoms with Crippen LogP contribution in [0.4, 0.5) is 5.82 Å². The van der Waals surface area contributed by atoms with Gasteiger partial charge in [0.05, 0.1) is 0 Å². The van der Waals surface area contributed by atoms with Crippen molar-refractivity contribution in [2.24, 2.45) is 5.92 Å². The molecule has 1 fully saturated rings. The molecule has 0 saturated heterocycles. The molecule has 1 aromatic rings. The summed E-state index contributed by atoms with van der Waals surface area (Å²) in [6.45, 7) is 2.20. The van der Waals surface area contributed by atoms with Gasteiger partial charge in [-0.05, 0) is 31.4 Å². The third-order valence-corrected chi connectivity index (χ3v) is 2.70. The van der Waals surface area contributed by atoms with Crippen molar-refractivity contribution < 1.29 is 0 Å². The molecule has 1 aliphatic carbocycles. The molecule has 1 N–H and O–H groups in total. The van der Waals surface area contributed by atoms with Crippen molar-refractivity contribution in [3.63, 3.8) is 0 Å². The fourth-order valence-corrected chi connectivity index (χ4v) is 1.82. The van der Waals surface area contributed by atoms with Crippen LogP contribution < -0.4 is 5.32 Å². The fraction of sp³-hybridized carbons (Fsp3) is 0.545. The van der Waals surface area contributed by atoms with Gasteiger partial charge >= 0.3 is 0 Å². The molecule has 14 heavy (non-hydrogen) atoms. The Morgan fingerprint density at radius 3 is 3.00 bits per heavy atom. The first kappa shape index (κ1) is 9.78. The smallest absolute Gasteiger partial charge is 0.131 e. The number of anilines is 1. The zero-order valence-corrected chi connectivity index (χ0v) is 9.09. The quantitative estimate of drug-likeness (QED) is 0.772. The van der Waals surface area contributed by atoms with E-state index in [1.807, 2.05) is 12.1 Å². The molecule has 1 aliphatic rings. The molecule has 2 rings (SSSR count). The third-order valence-electron chi connectivity index (χ3n) is 2.49. The Balaban J connectivity index is 1.88. The second-order valence-electron chi connectivity index (χ2n) is 4.07. The lowest BCUT2D eigenvalue weighted by atomic mass is 10.1. The minimum Gasteiger partial charge on any atom is -0.368 e. The minimum atomic E-state index is 0.494. The molecule has 1 saturated carbocycles. The number of halogens is 1. The maximum Gasteiger partial charge on any atom is 0.131 e. The van der Waals surface area contributed by atoms with Crippen LogP contribution in [-0.2, 0) is 0 Å². The monoisotopic (exact) mass is 210 g/mol. The predicted octanol–water partition coefficient (Wildman–Crippen LogP) is 3.34. The summed E-state index contributed by atoms with van der Waals surface area (Å²) < 4.78 is 0. The minimum absolute atomic E-state index is 0.494. The van der Waals surface area contributed by atoms with Gasteiger partial charge in [-0.15, -0.1) is 0 Å². The molecule has 0 amide bonds. The molecule has 0 aliphatic heterocycles. The van der Waals surface area contributed by atoms with Gasteiger partial charge in [-0.1, -0.05) is 30.5 Å². The standard InChI is InChI=1S/C11H15ClN2/c1-8(7-9-5-6-9)13-11-4-2-3-10(12)14-11/h2-4,8-9H,5-7H2,1H3,(H,13,14). The maximum atomic E-state index is 5.80. The van der Waals surface area contributed by atoms with Crippen molar-refractivity contribution >= 4 is 17.4 Å². The Labute approximate surface area is 89.7 Å². The van der Waals surface area contributed by atoms with Gasteiger partial charge in [0.2, 0.25) is 0 Å². The van der Waals surface area contributed by atoms with Crippen molar-refractivity contribution in [2.45, 2.75) is 32.2 Å². The first-order valence-corrected chi connectivity index (χ1v) is 5.51. The van der Waals surface area contributed by atoms with Gasteiger partial charge in [0.25, 0.3) is 0 Å². The van der Waals surface area contributed by atoms with E-state index in [-0.39, 0.29) is 0 Å². The highest BCUT2D eigenvalue weighted by molar-refractivity contribution is 6.29. The highest BCUT2D eigenvalue weighted by Gasteiger charge is 2.23. The average molecular weight is 211 g/mol. The third kappa shape index (κ3) is 2.88. The SMILES string of the molecule is CC(CC1CC1)Nc1cccc(Cl)n1. The van der Waals surface area contributed by atoms with E-state index < -0.39 is 0 Å². The topological polar surface area (TPSA) is 24.9 Å². The molecular formula is C11H15ClN2. The molecule has 3 heteroatoms. The van der Waals surface area contributed by atoms with E-state index in [2.05, 4.69) is 17.2 Å². The lowest BCUT2D eigenvalue weighted by molar-refractivity contribution is 0.640. The van der Waals surface area contributed by atoms with Crippen LogP contribution in [-0.4, -0.2) is 11.0 Å². The average Bonchev–Trinajstić information content (AvgIpc) is 2.87. The first-order chi connectivity index (χ1) is 6.74. The summed E-state index contributed by atoms with van der Waals surface area (Å²) >= 11 is 5.80. The van der Waals surface area contributed by atoms with Gasteiger partial charge in [-0.25, -0.2) is 4.98 Å². The summed E-state index contributed by atoms with van der Waals surface area (Å²) in [5.41, 5.74) is 0. The molecule has 0 spiro atoms. The second kappa shape index (κ2) is 4.18. The number of rotatable bonds is 4. The summed E-state index contributed by atoms with van der Waals surface area (Å²) in [4.78, 5) is 4.20. The normalized spacial score (nSPS) is 17.9. The van der Waals surface area contributed by atoms with Crippen molar-refractivity contribution in [3.8, 4) is 0 Å². The Bertz CT molecular complexity index is 310. The lowest BCUT2D eigenvalue weighted by Gasteiger charge is -2.13. The number of hydrogen-bond donors (Lipinski definition) is 1. The molecule has 0 aromatic carbocycles. The number of nitrogens with zero attached hydrogens (tertiary/aromatic N) is 1. The van der Waals surface area contributed by atoms with Crippen LogP contribution in [0.25, 0.3) is 0 Å². The number of pyridine rings is 1. The van der Waals surface area contributed by atoms with E-state index in [0.29, 0.717) is 11.2 Å². The Morgan fingerprint density at radius 1 is 1.57 bits per heavy atom. The Hall–Kier alpha value is -0.760. The van der Waals surface area contributed by atoms with E-state index in [1.165, 1.54) is 19.3 Å². The fourth-order valence-electron chi connectivity index (χ4n) is 1.65. The van der Waals surface area contributed by atoms with Crippen LogP contribution in [0.2, 0.25) is 5.15 Å². The highest BCUT2D eigenvalue weighted by Crippen LogP contribution is 2.33. The van der Waals surface area contributed by atoms with Crippen LogP contribution in [0.1, 0.15) is 26.2 Å². The van der Waals surface area contributed by atoms with E-state index in [9.17, 15) is 0 Å². The molecule has 0 bridgehead atoms. The van der Waals surface area contributed by atoms with E-state index >= 15 is 0 Å². The maximum absolute atomic E-state index is 5.80. The number of hydrogen-bond acceptors (Lipinski definition) is 2. The van der Waals surface area contributed by atoms with E-state index in [4.69, 9.17) is 11.6 Å². The Kier molecular flexibility index (Phi) is 2.92. The van der Waals surface area contributed by atoms with Crippen LogP contribution in [0.3, 0.4) is 0 Å². The van der Waals surface area contributed by atoms with Gasteiger partial charge < -0.3 is 5.32 Å². The van der Waals surface area contributed by atoms with Gasteiger partial charge in [0.1, 0.15) is 11.0 Å². The summed E-state index contributed by atoms with van der Waals surface area (Å²) in [6, 6.07) is 6.16. The zero-order chi connectivity index (χ0) is 9.97. The molecule has 76 valence electrons. The molecule has 1 atom stereocenters. The van der Waals surface area contributed by atoms with Crippen LogP contribution in [0, 0.1) is 5.92 Å². The number of nitrogens with one attached hydrogen (secondary N) is 1. The second-order valence-corrected chi connectivity index (χ2v) is 4.46.